The molecule has 0 radical (unpaired) electrons. The minimum atomic E-state index is -5.10. The van der Waals surface area contributed by atoms with Gasteiger partial charge >= 0.3 is 10.6 Å². The lowest BCUT2D eigenvalue weighted by Crippen LogP contribution is -2.28. The minimum Gasteiger partial charge on any atom is -0.356 e. The molecule has 0 aliphatic carbocycles. The van der Waals surface area contributed by atoms with Gasteiger partial charge < -0.3 is 15.5 Å². The second kappa shape index (κ2) is 29.1. The molecule has 35 heteroatoms. The van der Waals surface area contributed by atoms with E-state index in [0.29, 0.717) is 76.8 Å². The summed E-state index contributed by atoms with van der Waals surface area (Å²) in [5.41, 5.74) is 2.65. The first kappa shape index (κ1) is 73.0. The first-order chi connectivity index (χ1) is 43.2. The molecular formula is C58H67N8O20S7+. The Morgan fingerprint density at radius 1 is 0.720 bits per heavy atom. The molecule has 4 aromatic carbocycles. The molecule has 0 unspecified atom stereocenters. The number of rotatable bonds is 27. The Morgan fingerprint density at radius 2 is 1.40 bits per heavy atom. The zero-order valence-electron chi connectivity index (χ0n) is 50.6. The van der Waals surface area contributed by atoms with Crippen LogP contribution in [-0.4, -0.2) is 148 Å². The van der Waals surface area contributed by atoms with Crippen molar-refractivity contribution in [1.29, 1.82) is 0 Å². The Morgan fingerprint density at radius 3 is 2.01 bits per heavy atom. The number of anilines is 1. The topological polar surface area (TPSA) is 449 Å². The third-order valence-corrected chi connectivity index (χ3v) is 21.0. The fraction of sp³-hybridized carbons (Fsp3) is 0.362. The first-order valence-electron chi connectivity index (χ1n) is 28.5. The molecule has 0 bridgehead atoms. The van der Waals surface area contributed by atoms with Crippen LogP contribution in [0.5, 0.6) is 0 Å². The number of hydrogen-bond acceptors (Lipinski definition) is 21. The molecule has 2 aliphatic rings. The van der Waals surface area contributed by atoms with E-state index >= 15 is 0 Å². The monoisotopic (exact) mass is 1420 g/mol. The van der Waals surface area contributed by atoms with Gasteiger partial charge in [-0.1, -0.05) is 63.2 Å². The van der Waals surface area contributed by atoms with Gasteiger partial charge in [-0.2, -0.15) is 38.2 Å². The summed E-state index contributed by atoms with van der Waals surface area (Å²) in [6, 6.07) is 16.1. The Bertz CT molecular complexity index is 4810. The number of nitrogens with two attached hydrogens (primary N) is 1. The van der Waals surface area contributed by atoms with Crippen LogP contribution in [0.15, 0.2) is 122 Å². The van der Waals surface area contributed by atoms with Crippen molar-refractivity contribution >= 4 is 134 Å². The van der Waals surface area contributed by atoms with E-state index < -0.39 is 97.7 Å². The maximum Gasteiger partial charge on any atom is 0.425 e. The summed E-state index contributed by atoms with van der Waals surface area (Å²) >= 11 is 0.696. The molecule has 2 amide bonds. The molecule has 2 aliphatic heterocycles. The quantitative estimate of drug-likeness (QED) is 0.0134. The van der Waals surface area contributed by atoms with E-state index in [2.05, 4.69) is 25.4 Å². The number of sulfonamides is 1. The normalized spacial score (nSPS) is 15.4. The van der Waals surface area contributed by atoms with E-state index in [9.17, 15) is 74.7 Å². The predicted molar refractivity (Wildman–Crippen MR) is 344 cm³/mol. The zero-order valence-corrected chi connectivity index (χ0v) is 56.3. The fourth-order valence-electron chi connectivity index (χ4n) is 11.2. The summed E-state index contributed by atoms with van der Waals surface area (Å²) in [6.07, 6.45) is 11.6. The standard InChI is InChI=1S/C58H66N8O17S6.O3S/c1-6-7-28-65-46-21-15-36-13-18-40(87(75,76)77)32-43(36)53(46)57(2,3)49(65)23-16-37(45-20-14-38(35-62-45)55(69)61-26-10-8-9-12-51(68)60-27-25-39(67)31-52-63-64-56(84-52)86(59,73)74)17-24-50-58(4,5)54-44-33-41(88(78,79)80)34-48(89(81,82)83)42(44)19-22-47(54)66(50)29-11-30-85(70,71)72;1-4(2)3/h13-24,32-35H,6-12,25-31H2,1-5H3,(H7-,59,60,61,68,69,70,71,72,73,74,75,76,77,78,79,80,81,82,83);/p+1. The molecule has 0 atom stereocenters. The highest BCUT2D eigenvalue weighted by molar-refractivity contribution is 7.91. The van der Waals surface area contributed by atoms with E-state index in [4.69, 9.17) is 22.7 Å². The number of allylic oxidation sites excluding steroid dienone is 6. The van der Waals surface area contributed by atoms with Crippen molar-refractivity contribution in [3.63, 3.8) is 0 Å². The van der Waals surface area contributed by atoms with E-state index in [1.807, 2.05) is 45.1 Å². The van der Waals surface area contributed by atoms with Crippen LogP contribution in [0.25, 0.3) is 27.1 Å². The van der Waals surface area contributed by atoms with Crippen molar-refractivity contribution in [1.82, 2.24) is 25.8 Å². The number of amides is 2. The third-order valence-electron chi connectivity index (χ3n) is 15.4. The highest BCUT2D eigenvalue weighted by Gasteiger charge is 2.46. The number of nitrogens with zero attached hydrogens (tertiary/aromatic N) is 5. The molecule has 0 fully saturated rings. The van der Waals surface area contributed by atoms with Gasteiger partial charge in [0.1, 0.15) is 22.2 Å². The lowest BCUT2D eigenvalue weighted by atomic mass is 9.79. The molecule has 0 spiro atoms. The molecule has 6 aromatic rings. The van der Waals surface area contributed by atoms with Crippen LogP contribution < -0.4 is 20.7 Å². The maximum atomic E-state index is 13.6. The summed E-state index contributed by atoms with van der Waals surface area (Å²) in [5, 5.41) is 19.2. The molecule has 93 heavy (non-hydrogen) atoms. The van der Waals surface area contributed by atoms with Crippen LogP contribution in [0.1, 0.15) is 118 Å². The largest absolute Gasteiger partial charge is 0.425 e. The number of nitrogens with one attached hydrogen (secondary N) is 2. The van der Waals surface area contributed by atoms with Crippen LogP contribution in [0.4, 0.5) is 11.4 Å². The van der Waals surface area contributed by atoms with Crippen molar-refractivity contribution in [3.05, 3.63) is 130 Å². The number of ketones is 1. The lowest BCUT2D eigenvalue weighted by molar-refractivity contribution is -0.438. The summed E-state index contributed by atoms with van der Waals surface area (Å²) < 4.78 is 190. The van der Waals surface area contributed by atoms with Crippen LogP contribution in [0, 0.1) is 0 Å². The SMILES string of the molecule is CCCC[N+]1=C(/C=C/C(=C/C=C2/N(CCCS(=O)(=O)O)c3ccc4c(S(=O)(=O)O)cc(S(=O)(=O)O)cc4c3C2(C)C)c2ccc(C(=O)NCCCCCC(=O)NCCC(=O)Cc3nnc(S(N)(=O)=O)s3)cn2)C(C)(C)c2c1ccc1ccc(S(=O)(=O)O)cc21.O=S(=O)=O. The lowest BCUT2D eigenvalue weighted by Gasteiger charge is -2.27. The van der Waals surface area contributed by atoms with Crippen molar-refractivity contribution in [2.24, 2.45) is 5.14 Å². The number of Topliss-reactive ketones (excluding diaryl/α,β-unsaturated/α-hetero) is 1. The van der Waals surface area contributed by atoms with E-state index in [-0.39, 0.29) is 83.2 Å². The fourth-order valence-corrected chi connectivity index (χ4v) is 15.0. The average molecular weight is 1420 g/mol. The van der Waals surface area contributed by atoms with E-state index in [0.717, 1.165) is 41.3 Å². The van der Waals surface area contributed by atoms with Gasteiger partial charge in [0.05, 0.1) is 38.6 Å². The van der Waals surface area contributed by atoms with Crippen LogP contribution in [-0.2, 0) is 87.9 Å². The molecule has 2 aromatic heterocycles. The van der Waals surface area contributed by atoms with Gasteiger partial charge in [-0.3, -0.25) is 37.6 Å². The molecular weight excluding hydrogens is 1350 g/mol. The van der Waals surface area contributed by atoms with E-state index in [1.165, 1.54) is 30.5 Å². The van der Waals surface area contributed by atoms with Gasteiger partial charge in [-0.05, 0) is 116 Å². The number of carbonyl (C=O) groups excluding carboxylic acids is 3. The number of unbranched alkanes of at least 4 members (excludes halogenated alkanes) is 3. The highest BCUT2D eigenvalue weighted by Crippen LogP contribution is 2.52. The Labute approximate surface area is 542 Å². The van der Waals surface area contributed by atoms with Gasteiger partial charge in [-0.25, -0.2) is 13.6 Å². The minimum absolute atomic E-state index is 0.00754. The van der Waals surface area contributed by atoms with Gasteiger partial charge in [-0.15, -0.1) is 22.8 Å². The number of benzene rings is 4. The molecule has 0 saturated heterocycles. The van der Waals surface area contributed by atoms with Crippen LogP contribution >= 0.6 is 11.3 Å². The average Bonchev–Trinajstić information content (AvgIpc) is 1.60. The van der Waals surface area contributed by atoms with Crippen LogP contribution in [0.3, 0.4) is 0 Å². The molecule has 8 N–H and O–H groups in total. The van der Waals surface area contributed by atoms with Crippen molar-refractivity contribution in [2.45, 2.75) is 122 Å². The van der Waals surface area contributed by atoms with Gasteiger partial charge in [0.15, 0.2) is 5.71 Å². The van der Waals surface area contributed by atoms with Crippen molar-refractivity contribution in [2.75, 3.05) is 36.8 Å². The van der Waals surface area contributed by atoms with Gasteiger partial charge in [0.25, 0.3) is 56.4 Å². The first-order valence-corrected chi connectivity index (χ1v) is 37.8. The van der Waals surface area contributed by atoms with Crippen molar-refractivity contribution in [3.8, 4) is 0 Å². The van der Waals surface area contributed by atoms with Gasteiger partial charge in [0.2, 0.25) is 15.9 Å². The summed E-state index contributed by atoms with van der Waals surface area (Å²) in [5.74, 6) is -1.64. The number of pyridine rings is 1. The smallest absolute Gasteiger partial charge is 0.356 e. The summed E-state index contributed by atoms with van der Waals surface area (Å²) in [6.45, 7) is 10.4. The number of carbonyl (C=O) groups is 3. The predicted octanol–water partition coefficient (Wildman–Crippen LogP) is 6.01. The van der Waals surface area contributed by atoms with E-state index in [1.54, 1.807) is 49.1 Å². The molecule has 28 nitrogen and oxygen atoms in total. The summed E-state index contributed by atoms with van der Waals surface area (Å²) in [4.78, 5) is 43.0. The molecule has 0 saturated carbocycles. The molecule has 4 heterocycles. The maximum absolute atomic E-state index is 13.6. The highest BCUT2D eigenvalue weighted by atomic mass is 32.3. The summed E-state index contributed by atoms with van der Waals surface area (Å²) in [7, 11) is -26.4. The Hall–Kier alpha value is -7.42. The third kappa shape index (κ3) is 18.1. The van der Waals surface area contributed by atoms with Crippen molar-refractivity contribution < 1.29 is 91.9 Å². The number of aromatic nitrogens is 3. The van der Waals surface area contributed by atoms with Crippen LogP contribution in [0.2, 0.25) is 0 Å². The number of hydrogen-bond donors (Lipinski definition) is 7. The van der Waals surface area contributed by atoms with Gasteiger partial charge in [0, 0.05) is 90.6 Å². The second-order valence-corrected chi connectivity index (χ2v) is 31.7. The second-order valence-electron chi connectivity index (χ2n) is 22.7. The molecule has 500 valence electrons. The number of primary sulfonamides is 1. The molecule has 8 rings (SSSR count). The Balaban J connectivity index is 0.00000297. The zero-order chi connectivity index (χ0) is 68.8. The Kier molecular flexibility index (Phi) is 22.8. The number of fused-ring (bicyclic) bond motifs is 6.